The Labute approximate surface area is 103 Å². The molecule has 88 valence electrons. The zero-order valence-corrected chi connectivity index (χ0v) is 10.1. The van der Waals surface area contributed by atoms with Crippen molar-refractivity contribution in [2.24, 2.45) is 0 Å². The fraction of sp³-hybridized carbons (Fsp3) is 0.167. The molecule has 0 fully saturated rings. The molecule has 2 aromatic heterocycles. The van der Waals surface area contributed by atoms with Crippen molar-refractivity contribution in [2.75, 3.05) is 11.9 Å². The number of anilines is 1. The van der Waals surface area contributed by atoms with Crippen LogP contribution in [-0.4, -0.2) is 23.1 Å². The number of pyridine rings is 1. The van der Waals surface area contributed by atoms with E-state index in [2.05, 4.69) is 11.1 Å². The van der Waals surface area contributed by atoms with Gasteiger partial charge in [0.05, 0.1) is 12.1 Å². The molecule has 1 N–H and O–H groups in total. The van der Waals surface area contributed by atoms with Crippen LogP contribution in [0.1, 0.15) is 15.2 Å². The van der Waals surface area contributed by atoms with Gasteiger partial charge < -0.3 is 10.0 Å². The number of aromatic nitrogens is 1. The highest BCUT2D eigenvalue weighted by Crippen LogP contribution is 2.16. The number of hydrogen-bond donors (Lipinski definition) is 1. The highest BCUT2D eigenvalue weighted by molar-refractivity contribution is 7.09. The quantitative estimate of drug-likeness (QED) is 0.903. The van der Waals surface area contributed by atoms with Crippen LogP contribution in [0.5, 0.6) is 0 Å². The molecule has 0 radical (unpaired) electrons. The molecule has 0 aliphatic rings. The first-order valence-electron chi connectivity index (χ1n) is 5.09. The van der Waals surface area contributed by atoms with Gasteiger partial charge in [0, 0.05) is 18.1 Å². The smallest absolute Gasteiger partial charge is 0.337 e. The Morgan fingerprint density at radius 2 is 2.29 bits per heavy atom. The van der Waals surface area contributed by atoms with Crippen LogP contribution < -0.4 is 4.90 Å². The number of aromatic carboxylic acids is 1. The van der Waals surface area contributed by atoms with Crippen LogP contribution in [0.25, 0.3) is 0 Å². The molecule has 2 rings (SSSR count). The molecule has 0 atom stereocenters. The van der Waals surface area contributed by atoms with Crippen molar-refractivity contribution < 1.29 is 9.90 Å². The number of rotatable bonds is 4. The molecule has 0 bridgehead atoms. The maximum atomic E-state index is 10.7. The summed E-state index contributed by atoms with van der Waals surface area (Å²) in [7, 11) is 1.93. The average molecular weight is 248 g/mol. The van der Waals surface area contributed by atoms with E-state index in [1.54, 1.807) is 23.5 Å². The third-order valence-corrected chi connectivity index (χ3v) is 3.22. The van der Waals surface area contributed by atoms with E-state index in [1.807, 2.05) is 23.4 Å². The fourth-order valence-electron chi connectivity index (χ4n) is 1.46. The topological polar surface area (TPSA) is 53.4 Å². The predicted molar refractivity (Wildman–Crippen MR) is 67.6 cm³/mol. The standard InChI is InChI=1S/C12H12N2O2S/c1-14(8-10-3-2-6-17-10)11-5-4-9(7-13-11)12(15)16/h2-7H,8H2,1H3,(H,15,16). The fourth-order valence-corrected chi connectivity index (χ4v) is 2.21. The van der Waals surface area contributed by atoms with Crippen molar-refractivity contribution in [3.05, 3.63) is 46.3 Å². The zero-order chi connectivity index (χ0) is 12.3. The lowest BCUT2D eigenvalue weighted by Crippen LogP contribution is -2.17. The van der Waals surface area contributed by atoms with Crippen LogP contribution >= 0.6 is 11.3 Å². The number of thiophene rings is 1. The Morgan fingerprint density at radius 3 is 2.82 bits per heavy atom. The van der Waals surface area contributed by atoms with Gasteiger partial charge in [0.1, 0.15) is 5.82 Å². The lowest BCUT2D eigenvalue weighted by molar-refractivity contribution is 0.0696. The van der Waals surface area contributed by atoms with Gasteiger partial charge in [-0.15, -0.1) is 11.3 Å². The van der Waals surface area contributed by atoms with E-state index in [-0.39, 0.29) is 5.56 Å². The maximum Gasteiger partial charge on any atom is 0.337 e. The molecule has 0 saturated heterocycles. The highest BCUT2D eigenvalue weighted by Gasteiger charge is 2.06. The SMILES string of the molecule is CN(Cc1cccs1)c1ccc(C(=O)O)cn1. The van der Waals surface area contributed by atoms with Gasteiger partial charge in [-0.1, -0.05) is 6.07 Å². The third-order valence-electron chi connectivity index (χ3n) is 2.36. The van der Waals surface area contributed by atoms with Crippen LogP contribution in [-0.2, 0) is 6.54 Å². The Morgan fingerprint density at radius 1 is 1.47 bits per heavy atom. The van der Waals surface area contributed by atoms with E-state index in [0.717, 1.165) is 12.4 Å². The van der Waals surface area contributed by atoms with Crippen LogP contribution in [0, 0.1) is 0 Å². The third kappa shape index (κ3) is 2.82. The minimum atomic E-state index is -0.954. The largest absolute Gasteiger partial charge is 0.478 e. The number of carboxylic acid groups (broad SMARTS) is 1. The molecule has 2 aromatic rings. The summed E-state index contributed by atoms with van der Waals surface area (Å²) in [6, 6.07) is 7.36. The Bertz CT molecular complexity index is 494. The summed E-state index contributed by atoms with van der Waals surface area (Å²) in [5.41, 5.74) is 0.207. The summed E-state index contributed by atoms with van der Waals surface area (Å²) in [5.74, 6) is -0.187. The summed E-state index contributed by atoms with van der Waals surface area (Å²) in [5, 5.41) is 10.8. The molecular formula is C12H12N2O2S. The highest BCUT2D eigenvalue weighted by atomic mass is 32.1. The molecule has 4 nitrogen and oxygen atoms in total. The van der Waals surface area contributed by atoms with Crippen molar-refractivity contribution >= 4 is 23.1 Å². The second-order valence-electron chi connectivity index (χ2n) is 3.65. The monoisotopic (exact) mass is 248 g/mol. The number of carbonyl (C=O) groups is 1. The van der Waals surface area contributed by atoms with Crippen molar-refractivity contribution in [1.82, 2.24) is 4.98 Å². The van der Waals surface area contributed by atoms with Crippen molar-refractivity contribution in [3.8, 4) is 0 Å². The molecule has 0 unspecified atom stereocenters. The van der Waals surface area contributed by atoms with E-state index >= 15 is 0 Å². The second-order valence-corrected chi connectivity index (χ2v) is 4.68. The van der Waals surface area contributed by atoms with Crippen LogP contribution in [0.3, 0.4) is 0 Å². The van der Waals surface area contributed by atoms with Crippen LogP contribution in [0.15, 0.2) is 35.8 Å². The normalized spacial score (nSPS) is 10.2. The summed E-state index contributed by atoms with van der Waals surface area (Å²) in [4.78, 5) is 18.0. The van der Waals surface area contributed by atoms with E-state index in [4.69, 9.17) is 5.11 Å². The summed E-state index contributed by atoms with van der Waals surface area (Å²) >= 11 is 1.69. The van der Waals surface area contributed by atoms with Crippen molar-refractivity contribution in [2.45, 2.75) is 6.54 Å². The number of carboxylic acids is 1. The van der Waals surface area contributed by atoms with Gasteiger partial charge in [-0.25, -0.2) is 9.78 Å². The van der Waals surface area contributed by atoms with Crippen LogP contribution in [0.2, 0.25) is 0 Å². The van der Waals surface area contributed by atoms with Gasteiger partial charge in [-0.05, 0) is 23.6 Å². The van der Waals surface area contributed by atoms with E-state index in [9.17, 15) is 4.79 Å². The van der Waals surface area contributed by atoms with Gasteiger partial charge in [-0.2, -0.15) is 0 Å². The Balaban J connectivity index is 2.09. The molecule has 0 aliphatic carbocycles. The molecule has 0 amide bonds. The van der Waals surface area contributed by atoms with Gasteiger partial charge in [0.2, 0.25) is 0 Å². The molecule has 0 spiro atoms. The molecular weight excluding hydrogens is 236 g/mol. The maximum absolute atomic E-state index is 10.7. The molecule has 0 aromatic carbocycles. The molecule has 5 heteroatoms. The first-order valence-corrected chi connectivity index (χ1v) is 5.97. The first-order chi connectivity index (χ1) is 8.16. The summed E-state index contributed by atoms with van der Waals surface area (Å²) < 4.78 is 0. The van der Waals surface area contributed by atoms with E-state index in [0.29, 0.717) is 0 Å². The predicted octanol–water partition coefficient (Wildman–Crippen LogP) is 2.48. The molecule has 0 saturated carbocycles. The van der Waals surface area contributed by atoms with Crippen molar-refractivity contribution in [3.63, 3.8) is 0 Å². The first kappa shape index (κ1) is 11.6. The minimum Gasteiger partial charge on any atom is -0.478 e. The number of hydrogen-bond acceptors (Lipinski definition) is 4. The van der Waals surface area contributed by atoms with Gasteiger partial charge in [0.15, 0.2) is 0 Å². The summed E-state index contributed by atoms with van der Waals surface area (Å²) in [6.07, 6.45) is 1.38. The van der Waals surface area contributed by atoms with E-state index in [1.165, 1.54) is 11.1 Å². The van der Waals surface area contributed by atoms with Crippen LogP contribution in [0.4, 0.5) is 5.82 Å². The van der Waals surface area contributed by atoms with Gasteiger partial charge in [0.25, 0.3) is 0 Å². The average Bonchev–Trinajstić information content (AvgIpc) is 2.82. The lowest BCUT2D eigenvalue weighted by Gasteiger charge is -2.16. The molecule has 0 aliphatic heterocycles. The van der Waals surface area contributed by atoms with Gasteiger partial charge >= 0.3 is 5.97 Å². The zero-order valence-electron chi connectivity index (χ0n) is 9.33. The Kier molecular flexibility index (Phi) is 3.39. The molecule has 17 heavy (non-hydrogen) atoms. The van der Waals surface area contributed by atoms with E-state index < -0.39 is 5.97 Å². The minimum absolute atomic E-state index is 0.207. The van der Waals surface area contributed by atoms with Gasteiger partial charge in [-0.3, -0.25) is 0 Å². The van der Waals surface area contributed by atoms with Crippen molar-refractivity contribution in [1.29, 1.82) is 0 Å². The second kappa shape index (κ2) is 4.97. The molecule has 2 heterocycles. The number of nitrogens with zero attached hydrogens (tertiary/aromatic N) is 2. The lowest BCUT2D eigenvalue weighted by atomic mass is 10.3. The summed E-state index contributed by atoms with van der Waals surface area (Å²) in [6.45, 7) is 0.775. The Hall–Kier alpha value is -1.88.